The Hall–Kier alpha value is -1.80. The van der Waals surface area contributed by atoms with Crippen molar-refractivity contribution in [1.82, 2.24) is 0 Å². The SMILES string of the molecule is O=C(c1cccs1)c1ccsc1C(=O)CC(=O)C(F)(F)F. The Morgan fingerprint density at radius 2 is 1.76 bits per heavy atom. The molecule has 0 aromatic carbocycles. The molecule has 0 radical (unpaired) electrons. The van der Waals surface area contributed by atoms with Gasteiger partial charge in [0, 0.05) is 5.56 Å². The van der Waals surface area contributed by atoms with Crippen LogP contribution in [0.15, 0.2) is 29.0 Å². The fourth-order valence-electron chi connectivity index (χ4n) is 1.57. The van der Waals surface area contributed by atoms with Crippen LogP contribution < -0.4 is 0 Å². The van der Waals surface area contributed by atoms with E-state index in [1.165, 1.54) is 11.4 Å². The number of hydrogen-bond acceptors (Lipinski definition) is 5. The predicted octanol–water partition coefficient (Wildman–Crippen LogP) is 3.74. The van der Waals surface area contributed by atoms with Crippen molar-refractivity contribution in [2.45, 2.75) is 12.6 Å². The van der Waals surface area contributed by atoms with E-state index in [-0.39, 0.29) is 10.4 Å². The molecule has 0 saturated carbocycles. The maximum Gasteiger partial charge on any atom is 0.450 e. The first-order chi connectivity index (χ1) is 9.80. The minimum absolute atomic E-state index is 0.0300. The lowest BCUT2D eigenvalue weighted by atomic mass is 10.1. The molecule has 0 fully saturated rings. The Labute approximate surface area is 125 Å². The smallest absolute Gasteiger partial charge is 0.293 e. The third kappa shape index (κ3) is 3.45. The van der Waals surface area contributed by atoms with Crippen molar-refractivity contribution in [2.75, 3.05) is 0 Å². The molecule has 0 unspecified atom stereocenters. The number of ketones is 3. The van der Waals surface area contributed by atoms with E-state index in [2.05, 4.69) is 0 Å². The molecule has 0 bridgehead atoms. The van der Waals surface area contributed by atoms with Gasteiger partial charge in [-0.1, -0.05) is 6.07 Å². The summed E-state index contributed by atoms with van der Waals surface area (Å²) < 4.78 is 36.5. The second kappa shape index (κ2) is 5.90. The van der Waals surface area contributed by atoms with E-state index in [9.17, 15) is 27.6 Å². The summed E-state index contributed by atoms with van der Waals surface area (Å²) in [6, 6.07) is 4.58. The van der Waals surface area contributed by atoms with Crippen LogP contribution in [-0.2, 0) is 4.79 Å². The lowest BCUT2D eigenvalue weighted by molar-refractivity contribution is -0.170. The van der Waals surface area contributed by atoms with Gasteiger partial charge in [-0.05, 0) is 22.9 Å². The number of halogens is 3. The van der Waals surface area contributed by atoms with Crippen molar-refractivity contribution in [3.63, 3.8) is 0 Å². The number of alkyl halides is 3. The second-order valence-corrected chi connectivity index (χ2v) is 5.85. The van der Waals surface area contributed by atoms with Crippen LogP contribution in [0.4, 0.5) is 13.2 Å². The number of Topliss-reactive ketones (excluding diaryl/α,β-unsaturated/α-hetero) is 2. The molecule has 110 valence electrons. The van der Waals surface area contributed by atoms with E-state index in [1.54, 1.807) is 17.5 Å². The summed E-state index contributed by atoms with van der Waals surface area (Å²) in [5.41, 5.74) is 0.0300. The Balaban J connectivity index is 2.23. The number of carbonyl (C=O) groups excluding carboxylic acids is 3. The highest BCUT2D eigenvalue weighted by molar-refractivity contribution is 7.13. The molecule has 0 aliphatic rings. The molecule has 8 heteroatoms. The van der Waals surface area contributed by atoms with Gasteiger partial charge in [-0.3, -0.25) is 14.4 Å². The number of thiophene rings is 2. The van der Waals surface area contributed by atoms with Crippen LogP contribution >= 0.6 is 22.7 Å². The van der Waals surface area contributed by atoms with Gasteiger partial charge in [-0.15, -0.1) is 22.7 Å². The molecule has 2 heterocycles. The van der Waals surface area contributed by atoms with Gasteiger partial charge in [0.05, 0.1) is 16.2 Å². The molecule has 3 nitrogen and oxygen atoms in total. The Bertz CT molecular complexity index is 684. The summed E-state index contributed by atoms with van der Waals surface area (Å²) in [7, 11) is 0. The molecule has 0 saturated heterocycles. The van der Waals surface area contributed by atoms with Gasteiger partial charge in [-0.25, -0.2) is 0 Å². The van der Waals surface area contributed by atoms with Crippen molar-refractivity contribution >= 4 is 40.0 Å². The van der Waals surface area contributed by atoms with Gasteiger partial charge in [0.15, 0.2) is 5.78 Å². The van der Waals surface area contributed by atoms with E-state index in [0.717, 1.165) is 22.7 Å². The van der Waals surface area contributed by atoms with Crippen LogP contribution in [-0.4, -0.2) is 23.5 Å². The highest BCUT2D eigenvalue weighted by Crippen LogP contribution is 2.26. The van der Waals surface area contributed by atoms with Gasteiger partial charge in [0.2, 0.25) is 11.6 Å². The number of carbonyl (C=O) groups is 3. The summed E-state index contributed by atoms with van der Waals surface area (Å²) in [6.07, 6.45) is -6.33. The monoisotopic (exact) mass is 332 g/mol. The lowest BCUT2D eigenvalue weighted by Crippen LogP contribution is -2.25. The average molecular weight is 332 g/mol. The van der Waals surface area contributed by atoms with E-state index in [0.29, 0.717) is 4.88 Å². The zero-order chi connectivity index (χ0) is 15.6. The molecule has 0 N–H and O–H groups in total. The largest absolute Gasteiger partial charge is 0.450 e. The van der Waals surface area contributed by atoms with E-state index >= 15 is 0 Å². The predicted molar refractivity (Wildman–Crippen MR) is 72.1 cm³/mol. The summed E-state index contributed by atoms with van der Waals surface area (Å²) in [6.45, 7) is 0. The second-order valence-electron chi connectivity index (χ2n) is 3.99. The average Bonchev–Trinajstić information content (AvgIpc) is 3.08. The zero-order valence-corrected chi connectivity index (χ0v) is 11.9. The molecule has 0 atom stereocenters. The third-order valence-corrected chi connectivity index (χ3v) is 4.37. The summed E-state index contributed by atoms with van der Waals surface area (Å²) in [5, 5.41) is 3.11. The van der Waals surface area contributed by atoms with Crippen molar-refractivity contribution in [3.8, 4) is 0 Å². The fraction of sp³-hybridized carbons (Fsp3) is 0.154. The summed E-state index contributed by atoms with van der Waals surface area (Å²) in [5.74, 6) is -3.54. The van der Waals surface area contributed by atoms with Crippen molar-refractivity contribution in [3.05, 3.63) is 44.3 Å². The first-order valence-electron chi connectivity index (χ1n) is 5.59. The highest BCUT2D eigenvalue weighted by atomic mass is 32.1. The Morgan fingerprint density at radius 1 is 1.05 bits per heavy atom. The van der Waals surface area contributed by atoms with Gasteiger partial charge >= 0.3 is 6.18 Å². The van der Waals surface area contributed by atoms with Gasteiger partial charge < -0.3 is 0 Å². The van der Waals surface area contributed by atoms with Crippen LogP contribution in [0.3, 0.4) is 0 Å². The Kier molecular flexibility index (Phi) is 4.38. The number of hydrogen-bond donors (Lipinski definition) is 0. The van der Waals surface area contributed by atoms with Crippen LogP contribution in [0.1, 0.15) is 31.3 Å². The van der Waals surface area contributed by atoms with E-state index < -0.39 is 29.9 Å². The molecule has 0 aliphatic carbocycles. The van der Waals surface area contributed by atoms with Crippen LogP contribution in [0.25, 0.3) is 0 Å². The maximum atomic E-state index is 12.2. The minimum atomic E-state index is -5.05. The van der Waals surface area contributed by atoms with Crippen molar-refractivity contribution < 1.29 is 27.6 Å². The minimum Gasteiger partial charge on any atom is -0.293 e. The van der Waals surface area contributed by atoms with Crippen LogP contribution in [0.2, 0.25) is 0 Å². The van der Waals surface area contributed by atoms with Crippen LogP contribution in [0, 0.1) is 0 Å². The molecule has 2 aromatic rings. The van der Waals surface area contributed by atoms with Crippen molar-refractivity contribution in [2.24, 2.45) is 0 Å². The lowest BCUT2D eigenvalue weighted by Gasteiger charge is -2.04. The third-order valence-electron chi connectivity index (χ3n) is 2.55. The Morgan fingerprint density at radius 3 is 2.33 bits per heavy atom. The van der Waals surface area contributed by atoms with Gasteiger partial charge in [0.25, 0.3) is 0 Å². The van der Waals surface area contributed by atoms with E-state index in [1.807, 2.05) is 0 Å². The molecule has 21 heavy (non-hydrogen) atoms. The molecular formula is C13H7F3O3S2. The van der Waals surface area contributed by atoms with E-state index in [4.69, 9.17) is 0 Å². The standard InChI is InChI=1S/C13H7F3O3S2/c14-13(15,16)10(18)6-8(17)12-7(3-5-21-12)11(19)9-2-1-4-20-9/h1-5H,6H2. The normalized spacial score (nSPS) is 11.4. The molecule has 0 spiro atoms. The number of rotatable bonds is 5. The molecule has 2 rings (SSSR count). The first kappa shape index (κ1) is 15.6. The molecular weight excluding hydrogens is 325 g/mol. The van der Waals surface area contributed by atoms with Gasteiger partial charge in [-0.2, -0.15) is 13.2 Å². The molecule has 0 amide bonds. The zero-order valence-electron chi connectivity index (χ0n) is 10.3. The first-order valence-corrected chi connectivity index (χ1v) is 7.35. The summed E-state index contributed by atoms with van der Waals surface area (Å²) >= 11 is 2.02. The van der Waals surface area contributed by atoms with Crippen LogP contribution in [0.5, 0.6) is 0 Å². The quantitative estimate of drug-likeness (QED) is 0.619. The maximum absolute atomic E-state index is 12.2. The highest BCUT2D eigenvalue weighted by Gasteiger charge is 2.39. The fourth-order valence-corrected chi connectivity index (χ4v) is 3.08. The topological polar surface area (TPSA) is 51.2 Å². The molecule has 2 aromatic heterocycles. The van der Waals surface area contributed by atoms with Crippen molar-refractivity contribution in [1.29, 1.82) is 0 Å². The molecule has 0 aliphatic heterocycles. The summed E-state index contributed by atoms with van der Waals surface area (Å²) in [4.78, 5) is 35.0. The van der Waals surface area contributed by atoms with Gasteiger partial charge in [0.1, 0.15) is 0 Å².